The van der Waals surface area contributed by atoms with Crippen LogP contribution in [0, 0.1) is 0 Å². The van der Waals surface area contributed by atoms with Crippen molar-refractivity contribution in [3.05, 3.63) is 48.2 Å². The molecule has 7 nitrogen and oxygen atoms in total. The van der Waals surface area contributed by atoms with E-state index in [0.717, 1.165) is 0 Å². The van der Waals surface area contributed by atoms with Crippen LogP contribution in [0.1, 0.15) is 17.3 Å². The number of nitrogens with one attached hydrogen (secondary N) is 3. The predicted octanol–water partition coefficient (Wildman–Crippen LogP) is 2.48. The fourth-order valence-corrected chi connectivity index (χ4v) is 1.84. The van der Waals surface area contributed by atoms with Crippen LogP contribution in [-0.4, -0.2) is 30.6 Å². The lowest BCUT2D eigenvalue weighted by atomic mass is 10.2. The van der Waals surface area contributed by atoms with Crippen LogP contribution in [0.3, 0.4) is 0 Å². The highest BCUT2D eigenvalue weighted by molar-refractivity contribution is 6.05. The largest absolute Gasteiger partial charge is 0.477 e. The van der Waals surface area contributed by atoms with Gasteiger partial charge in [-0.05, 0) is 43.3 Å². The molecule has 0 bridgehead atoms. The number of aromatic nitrogens is 1. The van der Waals surface area contributed by atoms with Crippen LogP contribution in [0.15, 0.2) is 42.6 Å². The first kappa shape index (κ1) is 16.3. The van der Waals surface area contributed by atoms with Gasteiger partial charge in [-0.2, -0.15) is 0 Å². The number of amides is 3. The van der Waals surface area contributed by atoms with E-state index in [2.05, 4.69) is 20.9 Å². The van der Waals surface area contributed by atoms with E-state index in [1.807, 2.05) is 6.92 Å². The molecule has 0 radical (unpaired) electrons. The number of hydrogen-bond donors (Lipinski definition) is 3. The lowest BCUT2D eigenvalue weighted by Gasteiger charge is -2.10. The zero-order valence-electron chi connectivity index (χ0n) is 12.9. The first-order chi connectivity index (χ1) is 11.1. The summed E-state index contributed by atoms with van der Waals surface area (Å²) in [4.78, 5) is 27.6. The molecule has 0 atom stereocenters. The van der Waals surface area contributed by atoms with Gasteiger partial charge in [0, 0.05) is 24.6 Å². The van der Waals surface area contributed by atoms with Crippen LogP contribution in [0.5, 0.6) is 5.88 Å². The van der Waals surface area contributed by atoms with Gasteiger partial charge in [-0.1, -0.05) is 0 Å². The minimum Gasteiger partial charge on any atom is -0.477 e. The lowest BCUT2D eigenvalue weighted by Crippen LogP contribution is -2.24. The van der Waals surface area contributed by atoms with Crippen LogP contribution in [0.25, 0.3) is 0 Å². The molecule has 0 fully saturated rings. The molecule has 2 aromatic rings. The third kappa shape index (κ3) is 4.44. The van der Waals surface area contributed by atoms with Crippen molar-refractivity contribution in [3.63, 3.8) is 0 Å². The molecule has 0 aliphatic carbocycles. The highest BCUT2D eigenvalue weighted by atomic mass is 16.5. The molecule has 2 rings (SSSR count). The number of urea groups is 1. The molecule has 3 amide bonds. The van der Waals surface area contributed by atoms with Crippen molar-refractivity contribution in [1.29, 1.82) is 0 Å². The summed E-state index contributed by atoms with van der Waals surface area (Å²) >= 11 is 0. The normalized spacial score (nSPS) is 9.83. The molecule has 0 spiro atoms. The van der Waals surface area contributed by atoms with Crippen LogP contribution < -0.4 is 20.7 Å². The van der Waals surface area contributed by atoms with Gasteiger partial charge in [0.15, 0.2) is 0 Å². The van der Waals surface area contributed by atoms with E-state index >= 15 is 0 Å². The zero-order valence-corrected chi connectivity index (χ0v) is 12.9. The number of carbonyl (C=O) groups is 2. The SMILES string of the molecule is CCOc1ncccc1C(=O)Nc1ccc(NC(=O)NC)cc1. The smallest absolute Gasteiger partial charge is 0.318 e. The zero-order chi connectivity index (χ0) is 16.7. The third-order valence-electron chi connectivity index (χ3n) is 2.92. The van der Waals surface area contributed by atoms with Crippen molar-refractivity contribution < 1.29 is 14.3 Å². The molecule has 0 saturated carbocycles. The molecule has 1 aromatic carbocycles. The van der Waals surface area contributed by atoms with E-state index in [0.29, 0.717) is 29.4 Å². The minimum atomic E-state index is -0.312. The van der Waals surface area contributed by atoms with Crippen molar-refractivity contribution >= 4 is 23.3 Å². The second-order valence-electron chi connectivity index (χ2n) is 4.52. The summed E-state index contributed by atoms with van der Waals surface area (Å²) in [5.74, 6) is -0.0148. The van der Waals surface area contributed by atoms with Crippen molar-refractivity contribution in [2.75, 3.05) is 24.3 Å². The summed E-state index contributed by atoms with van der Waals surface area (Å²) in [5, 5.41) is 7.86. The highest BCUT2D eigenvalue weighted by Gasteiger charge is 2.13. The predicted molar refractivity (Wildman–Crippen MR) is 87.9 cm³/mol. The van der Waals surface area contributed by atoms with Crippen molar-refractivity contribution in [1.82, 2.24) is 10.3 Å². The molecule has 23 heavy (non-hydrogen) atoms. The molecule has 0 aliphatic rings. The first-order valence-electron chi connectivity index (χ1n) is 7.12. The van der Waals surface area contributed by atoms with E-state index < -0.39 is 0 Å². The van der Waals surface area contributed by atoms with E-state index in [-0.39, 0.29) is 11.9 Å². The molecule has 0 unspecified atom stereocenters. The molecule has 3 N–H and O–H groups in total. The molecular formula is C16H18N4O3. The van der Waals surface area contributed by atoms with Gasteiger partial charge in [-0.25, -0.2) is 9.78 Å². The number of nitrogens with zero attached hydrogens (tertiary/aromatic N) is 1. The third-order valence-corrected chi connectivity index (χ3v) is 2.92. The van der Waals surface area contributed by atoms with Gasteiger partial charge in [-0.3, -0.25) is 4.79 Å². The number of rotatable bonds is 5. The minimum absolute atomic E-state index is 0.297. The first-order valence-corrected chi connectivity index (χ1v) is 7.12. The maximum atomic E-state index is 12.3. The Labute approximate surface area is 134 Å². The maximum Gasteiger partial charge on any atom is 0.318 e. The van der Waals surface area contributed by atoms with E-state index in [1.165, 1.54) is 7.05 Å². The summed E-state index contributed by atoms with van der Waals surface area (Å²) in [6.07, 6.45) is 1.57. The van der Waals surface area contributed by atoms with Gasteiger partial charge in [0.1, 0.15) is 5.56 Å². The number of anilines is 2. The molecule has 1 aromatic heterocycles. The van der Waals surface area contributed by atoms with E-state index in [4.69, 9.17) is 4.74 Å². The van der Waals surface area contributed by atoms with Gasteiger partial charge in [0.25, 0.3) is 5.91 Å². The number of ether oxygens (including phenoxy) is 1. The number of carbonyl (C=O) groups excluding carboxylic acids is 2. The van der Waals surface area contributed by atoms with Gasteiger partial charge in [0.05, 0.1) is 6.61 Å². The van der Waals surface area contributed by atoms with Crippen LogP contribution in [0.2, 0.25) is 0 Å². The van der Waals surface area contributed by atoms with Crippen LogP contribution in [0.4, 0.5) is 16.2 Å². The molecule has 1 heterocycles. The molecule has 0 saturated heterocycles. The topological polar surface area (TPSA) is 92.3 Å². The Morgan fingerprint density at radius 3 is 2.35 bits per heavy atom. The number of pyridine rings is 1. The fourth-order valence-electron chi connectivity index (χ4n) is 1.84. The standard InChI is InChI=1S/C16H18N4O3/c1-3-23-15-13(5-4-10-18-15)14(21)19-11-6-8-12(9-7-11)20-16(22)17-2/h4-10H,3H2,1-2H3,(H,19,21)(H2,17,20,22). The van der Waals surface area contributed by atoms with Gasteiger partial charge in [-0.15, -0.1) is 0 Å². The highest BCUT2D eigenvalue weighted by Crippen LogP contribution is 2.18. The van der Waals surface area contributed by atoms with Crippen molar-refractivity contribution in [2.45, 2.75) is 6.92 Å². The molecular weight excluding hydrogens is 296 g/mol. The second kappa shape index (κ2) is 7.79. The Bertz CT molecular complexity index is 686. The summed E-state index contributed by atoms with van der Waals surface area (Å²) in [6.45, 7) is 2.26. The van der Waals surface area contributed by atoms with Crippen molar-refractivity contribution in [3.8, 4) is 5.88 Å². The number of hydrogen-bond acceptors (Lipinski definition) is 4. The summed E-state index contributed by atoms with van der Waals surface area (Å²) in [5.41, 5.74) is 1.59. The maximum absolute atomic E-state index is 12.3. The lowest BCUT2D eigenvalue weighted by molar-refractivity contribution is 0.102. The van der Waals surface area contributed by atoms with Crippen LogP contribution >= 0.6 is 0 Å². The molecule has 0 aliphatic heterocycles. The van der Waals surface area contributed by atoms with E-state index in [1.54, 1.807) is 42.6 Å². The Hall–Kier alpha value is -3.09. The van der Waals surface area contributed by atoms with Crippen molar-refractivity contribution in [2.24, 2.45) is 0 Å². The second-order valence-corrected chi connectivity index (χ2v) is 4.52. The Balaban J connectivity index is 2.07. The average molecular weight is 314 g/mol. The quantitative estimate of drug-likeness (QED) is 0.790. The Kier molecular flexibility index (Phi) is 5.51. The summed E-state index contributed by atoms with van der Waals surface area (Å²) in [7, 11) is 1.54. The Morgan fingerprint density at radius 1 is 1.09 bits per heavy atom. The van der Waals surface area contributed by atoms with E-state index in [9.17, 15) is 9.59 Å². The summed E-state index contributed by atoms with van der Waals surface area (Å²) in [6, 6.07) is 9.79. The van der Waals surface area contributed by atoms with Crippen LogP contribution in [-0.2, 0) is 0 Å². The monoisotopic (exact) mass is 314 g/mol. The fraction of sp³-hybridized carbons (Fsp3) is 0.188. The molecule has 120 valence electrons. The van der Waals surface area contributed by atoms with Gasteiger partial charge in [0.2, 0.25) is 5.88 Å². The van der Waals surface area contributed by atoms with Gasteiger partial charge >= 0.3 is 6.03 Å². The molecule has 7 heteroatoms. The average Bonchev–Trinajstić information content (AvgIpc) is 2.57. The van der Waals surface area contributed by atoms with Gasteiger partial charge < -0.3 is 20.7 Å². The Morgan fingerprint density at radius 2 is 1.74 bits per heavy atom. The number of benzene rings is 1. The summed E-state index contributed by atoms with van der Waals surface area (Å²) < 4.78 is 5.34.